The first-order valence-corrected chi connectivity index (χ1v) is 9.45. The molecule has 1 aromatic carbocycles. The lowest BCUT2D eigenvalue weighted by Crippen LogP contribution is -2.58. The summed E-state index contributed by atoms with van der Waals surface area (Å²) in [6, 6.07) is 9.39. The van der Waals surface area contributed by atoms with Crippen LogP contribution in [-0.4, -0.2) is 52.5 Å². The number of hydrogen-bond donors (Lipinski definition) is 1. The van der Waals surface area contributed by atoms with E-state index >= 15 is 0 Å². The number of hydrogen-bond acceptors (Lipinski definition) is 6. The first-order valence-electron chi connectivity index (χ1n) is 9.45. The van der Waals surface area contributed by atoms with Crippen LogP contribution in [0.2, 0.25) is 0 Å². The molecule has 0 unspecified atom stereocenters. The summed E-state index contributed by atoms with van der Waals surface area (Å²) in [5.74, 6) is 0.510. The van der Waals surface area contributed by atoms with Gasteiger partial charge in [0.05, 0.1) is 5.69 Å². The maximum Gasteiger partial charge on any atom is 0.573 e. The second-order valence-corrected chi connectivity index (χ2v) is 7.65. The number of alkyl halides is 3. The zero-order chi connectivity index (χ0) is 20.1. The van der Waals surface area contributed by atoms with Crippen LogP contribution < -0.4 is 15.0 Å². The maximum absolute atomic E-state index is 12.5. The Morgan fingerprint density at radius 1 is 1.07 bits per heavy atom. The zero-order valence-corrected chi connectivity index (χ0v) is 15.5. The van der Waals surface area contributed by atoms with Crippen molar-refractivity contribution in [1.29, 1.82) is 0 Å². The summed E-state index contributed by atoms with van der Waals surface area (Å²) in [5, 5.41) is 11.5. The summed E-state index contributed by atoms with van der Waals surface area (Å²) < 4.78 is 43.0. The number of aromatic nitrogens is 4. The average Bonchev–Trinajstić information content (AvgIpc) is 3.09. The van der Waals surface area contributed by atoms with Crippen molar-refractivity contribution >= 4 is 17.0 Å². The molecule has 0 aliphatic carbocycles. The van der Waals surface area contributed by atoms with Crippen molar-refractivity contribution in [1.82, 2.24) is 25.3 Å². The van der Waals surface area contributed by atoms with Crippen LogP contribution in [0.3, 0.4) is 0 Å². The Morgan fingerprint density at radius 2 is 1.86 bits per heavy atom. The van der Waals surface area contributed by atoms with Crippen LogP contribution >= 0.6 is 0 Å². The fraction of sp³-hybridized carbons (Fsp3) is 0.421. The molecule has 4 heterocycles. The maximum atomic E-state index is 12.5. The number of ether oxygens (including phenoxy) is 1. The SMILES string of the molecule is FC(F)(F)Oc1cccc(-n2nnc3ccc(N4CCC5(CC4)CNC5)nc32)c1. The number of nitrogens with zero attached hydrogens (tertiary/aromatic N) is 5. The number of fused-ring (bicyclic) bond motifs is 1. The number of nitrogens with one attached hydrogen (secondary N) is 1. The molecule has 0 radical (unpaired) electrons. The van der Waals surface area contributed by atoms with Crippen molar-refractivity contribution < 1.29 is 17.9 Å². The van der Waals surface area contributed by atoms with Gasteiger partial charge in [0.15, 0.2) is 5.65 Å². The lowest BCUT2D eigenvalue weighted by molar-refractivity contribution is -0.274. The second kappa shape index (κ2) is 6.58. The highest BCUT2D eigenvalue weighted by Gasteiger charge is 2.39. The molecule has 1 spiro atoms. The van der Waals surface area contributed by atoms with Gasteiger partial charge in [-0.05, 0) is 42.5 Å². The minimum Gasteiger partial charge on any atom is -0.406 e. The molecule has 0 bridgehead atoms. The van der Waals surface area contributed by atoms with Crippen molar-refractivity contribution in [2.24, 2.45) is 5.41 Å². The average molecular weight is 404 g/mol. The molecule has 1 N–H and O–H groups in total. The van der Waals surface area contributed by atoms with Crippen LogP contribution in [0, 0.1) is 5.41 Å². The Kier molecular flexibility index (Phi) is 4.12. The summed E-state index contributed by atoms with van der Waals surface area (Å²) in [7, 11) is 0. The van der Waals surface area contributed by atoms with Gasteiger partial charge in [-0.3, -0.25) is 0 Å². The fourth-order valence-electron chi connectivity index (χ4n) is 4.00. The number of benzene rings is 1. The van der Waals surface area contributed by atoms with E-state index in [-0.39, 0.29) is 5.75 Å². The van der Waals surface area contributed by atoms with Crippen molar-refractivity contribution in [3.05, 3.63) is 36.4 Å². The summed E-state index contributed by atoms with van der Waals surface area (Å²) in [6.45, 7) is 4.02. The molecule has 5 rings (SSSR count). The van der Waals surface area contributed by atoms with Crippen LogP contribution in [0.25, 0.3) is 16.9 Å². The van der Waals surface area contributed by atoms with Gasteiger partial charge >= 0.3 is 6.36 Å². The molecule has 2 aliphatic heterocycles. The van der Waals surface area contributed by atoms with Gasteiger partial charge in [0.25, 0.3) is 0 Å². The molecule has 2 fully saturated rings. The topological polar surface area (TPSA) is 68.1 Å². The molecule has 10 heteroatoms. The molecule has 0 atom stereocenters. The van der Waals surface area contributed by atoms with Gasteiger partial charge in [0.2, 0.25) is 0 Å². The van der Waals surface area contributed by atoms with E-state index in [9.17, 15) is 13.2 Å². The molecule has 7 nitrogen and oxygen atoms in total. The number of piperidine rings is 1. The van der Waals surface area contributed by atoms with E-state index in [1.54, 1.807) is 6.07 Å². The third kappa shape index (κ3) is 3.48. The van der Waals surface area contributed by atoms with E-state index in [0.29, 0.717) is 22.3 Å². The first kappa shape index (κ1) is 18.2. The predicted molar refractivity (Wildman–Crippen MR) is 100 cm³/mol. The van der Waals surface area contributed by atoms with E-state index in [0.717, 1.165) is 44.8 Å². The lowest BCUT2D eigenvalue weighted by Gasteiger charge is -2.48. The van der Waals surface area contributed by atoms with Gasteiger partial charge in [0.1, 0.15) is 17.1 Å². The normalized spacial score (nSPS) is 18.8. The molecule has 0 amide bonds. The lowest BCUT2D eigenvalue weighted by atomic mass is 9.73. The summed E-state index contributed by atoms with van der Waals surface area (Å²) in [4.78, 5) is 6.96. The highest BCUT2D eigenvalue weighted by Crippen LogP contribution is 2.36. The quantitative estimate of drug-likeness (QED) is 0.724. The second-order valence-electron chi connectivity index (χ2n) is 7.65. The van der Waals surface area contributed by atoms with E-state index in [1.165, 1.54) is 22.9 Å². The number of pyridine rings is 1. The highest BCUT2D eigenvalue weighted by molar-refractivity contribution is 5.74. The minimum absolute atomic E-state index is 0.315. The van der Waals surface area contributed by atoms with Crippen LogP contribution in [0.1, 0.15) is 12.8 Å². The van der Waals surface area contributed by atoms with E-state index in [2.05, 4.69) is 25.3 Å². The fourth-order valence-corrected chi connectivity index (χ4v) is 4.00. The van der Waals surface area contributed by atoms with Crippen LogP contribution in [0.5, 0.6) is 5.75 Å². The van der Waals surface area contributed by atoms with Crippen LogP contribution in [0.15, 0.2) is 36.4 Å². The first-order chi connectivity index (χ1) is 13.9. The Balaban J connectivity index is 1.44. The molecular formula is C19H19F3N6O. The summed E-state index contributed by atoms with van der Waals surface area (Å²) in [5.41, 5.74) is 1.91. The predicted octanol–water partition coefficient (Wildman–Crippen LogP) is 2.90. The highest BCUT2D eigenvalue weighted by atomic mass is 19.4. The Morgan fingerprint density at radius 3 is 2.55 bits per heavy atom. The Labute approximate surface area is 164 Å². The van der Waals surface area contributed by atoms with E-state index in [4.69, 9.17) is 4.98 Å². The molecule has 29 heavy (non-hydrogen) atoms. The van der Waals surface area contributed by atoms with Gasteiger partial charge in [-0.25, -0.2) is 4.98 Å². The largest absolute Gasteiger partial charge is 0.573 e. The number of rotatable bonds is 3. The zero-order valence-electron chi connectivity index (χ0n) is 15.5. The van der Waals surface area contributed by atoms with Gasteiger partial charge < -0.3 is 15.0 Å². The van der Waals surface area contributed by atoms with Gasteiger partial charge in [-0.2, -0.15) is 4.68 Å². The summed E-state index contributed by atoms with van der Waals surface area (Å²) in [6.07, 6.45) is -2.52. The molecule has 2 saturated heterocycles. The van der Waals surface area contributed by atoms with Crippen molar-refractivity contribution in [3.63, 3.8) is 0 Å². The van der Waals surface area contributed by atoms with Gasteiger partial charge in [-0.1, -0.05) is 11.3 Å². The molecule has 152 valence electrons. The van der Waals surface area contributed by atoms with Gasteiger partial charge in [0, 0.05) is 32.2 Å². The smallest absolute Gasteiger partial charge is 0.406 e. The molecule has 3 aromatic rings. The third-order valence-electron chi connectivity index (χ3n) is 5.73. The molecule has 2 aromatic heterocycles. The minimum atomic E-state index is -4.75. The van der Waals surface area contributed by atoms with Crippen molar-refractivity contribution in [2.75, 3.05) is 31.1 Å². The van der Waals surface area contributed by atoms with Gasteiger partial charge in [-0.15, -0.1) is 18.3 Å². The Hall–Kier alpha value is -2.88. The van der Waals surface area contributed by atoms with Crippen LogP contribution in [-0.2, 0) is 0 Å². The molecule has 2 aliphatic rings. The Bertz CT molecular complexity index is 1040. The standard InChI is InChI=1S/C19H19F3N6O/c20-19(21,22)29-14-3-1-2-13(10-14)28-17-15(25-26-28)4-5-16(24-17)27-8-6-18(7-9-27)11-23-12-18/h1-5,10,23H,6-9,11-12H2. The summed E-state index contributed by atoms with van der Waals surface area (Å²) >= 11 is 0. The monoisotopic (exact) mass is 404 g/mol. The number of halogens is 3. The van der Waals surface area contributed by atoms with Crippen LogP contribution in [0.4, 0.5) is 19.0 Å². The molecular weight excluding hydrogens is 385 g/mol. The van der Waals surface area contributed by atoms with Crippen molar-refractivity contribution in [2.45, 2.75) is 19.2 Å². The van der Waals surface area contributed by atoms with E-state index in [1.807, 2.05) is 12.1 Å². The third-order valence-corrected chi connectivity index (χ3v) is 5.73. The molecule has 0 saturated carbocycles. The number of anilines is 1. The van der Waals surface area contributed by atoms with Crippen molar-refractivity contribution in [3.8, 4) is 11.4 Å². The van der Waals surface area contributed by atoms with E-state index < -0.39 is 6.36 Å².